The Balaban J connectivity index is 3.18. The van der Waals surface area contributed by atoms with Gasteiger partial charge in [-0.3, -0.25) is 4.79 Å². The molecule has 1 aromatic rings. The molecule has 0 aromatic heterocycles. The van der Waals surface area contributed by atoms with Crippen molar-refractivity contribution in [2.45, 2.75) is 20.5 Å². The molecule has 0 aliphatic carbocycles. The number of methoxy groups -OCH3 is 2. The van der Waals surface area contributed by atoms with Crippen LogP contribution in [0.4, 0.5) is 8.78 Å². The summed E-state index contributed by atoms with van der Waals surface area (Å²) in [6.07, 6.45) is 0. The fraction of sp³-hybridized carbons (Fsp3) is 0.562. The normalized spacial score (nSPS) is 11.4. The number of halogens is 2. The third kappa shape index (κ3) is 4.95. The summed E-state index contributed by atoms with van der Waals surface area (Å²) < 4.78 is 39.6. The van der Waals surface area contributed by atoms with E-state index in [2.05, 4.69) is 4.74 Å². The van der Waals surface area contributed by atoms with Crippen LogP contribution in [0.2, 0.25) is 0 Å². The van der Waals surface area contributed by atoms with Crippen LogP contribution in [0.3, 0.4) is 0 Å². The maximum absolute atomic E-state index is 12.6. The molecule has 0 unspecified atom stereocenters. The summed E-state index contributed by atoms with van der Waals surface area (Å²) in [5, 5.41) is 0. The maximum Gasteiger partial charge on any atom is 0.387 e. The molecule has 0 heterocycles. The van der Waals surface area contributed by atoms with E-state index in [0.29, 0.717) is 13.1 Å². The summed E-state index contributed by atoms with van der Waals surface area (Å²) in [7, 11) is 4.23. The van der Waals surface area contributed by atoms with E-state index >= 15 is 0 Å². The van der Waals surface area contributed by atoms with Crippen molar-refractivity contribution in [3.8, 4) is 17.2 Å². The molecular weight excluding hydrogens is 322 g/mol. The van der Waals surface area contributed by atoms with Gasteiger partial charge in [-0.2, -0.15) is 8.78 Å². The van der Waals surface area contributed by atoms with E-state index < -0.39 is 6.61 Å². The number of nitrogens with zero attached hydrogens (tertiary/aromatic N) is 1. The molecule has 0 atom stereocenters. The summed E-state index contributed by atoms with van der Waals surface area (Å²) in [4.78, 5) is 14.1. The van der Waals surface area contributed by atoms with Gasteiger partial charge in [0, 0.05) is 19.2 Å². The average molecular weight is 346 g/mol. The minimum Gasteiger partial charge on any atom is -0.493 e. The smallest absolute Gasteiger partial charge is 0.387 e. The van der Waals surface area contributed by atoms with Gasteiger partial charge in [0.05, 0.1) is 14.2 Å². The highest BCUT2D eigenvalue weighted by molar-refractivity contribution is 5.95. The summed E-state index contributed by atoms with van der Waals surface area (Å²) in [5.41, 5.74) is 5.67. The summed E-state index contributed by atoms with van der Waals surface area (Å²) in [5.74, 6) is -0.581. The van der Waals surface area contributed by atoms with Gasteiger partial charge in [0.1, 0.15) is 0 Å². The van der Waals surface area contributed by atoms with Crippen LogP contribution in [-0.4, -0.2) is 51.8 Å². The van der Waals surface area contributed by atoms with Crippen LogP contribution in [0.25, 0.3) is 0 Å². The van der Waals surface area contributed by atoms with Crippen molar-refractivity contribution in [1.82, 2.24) is 4.90 Å². The fourth-order valence-electron chi connectivity index (χ4n) is 2.21. The van der Waals surface area contributed by atoms with E-state index in [1.54, 1.807) is 7.05 Å². The first-order valence-electron chi connectivity index (χ1n) is 7.31. The van der Waals surface area contributed by atoms with Gasteiger partial charge in [0.15, 0.2) is 11.5 Å². The van der Waals surface area contributed by atoms with E-state index in [1.165, 1.54) is 31.3 Å². The van der Waals surface area contributed by atoms with Gasteiger partial charge in [-0.25, -0.2) is 0 Å². The zero-order valence-corrected chi connectivity index (χ0v) is 14.6. The number of alkyl halides is 2. The van der Waals surface area contributed by atoms with E-state index in [9.17, 15) is 13.6 Å². The Hall–Kier alpha value is -2.09. The van der Waals surface area contributed by atoms with Crippen molar-refractivity contribution in [1.29, 1.82) is 0 Å². The number of ether oxygens (including phenoxy) is 3. The highest BCUT2D eigenvalue weighted by Gasteiger charge is 2.25. The van der Waals surface area contributed by atoms with Crippen LogP contribution < -0.4 is 19.9 Å². The lowest BCUT2D eigenvalue weighted by Gasteiger charge is -2.29. The third-order valence-corrected chi connectivity index (χ3v) is 3.48. The molecule has 24 heavy (non-hydrogen) atoms. The SMILES string of the molecule is COc1cc(C(=O)N(C)CC(C)(C)CN)cc(OC)c1OC(F)F. The number of hydrogen-bond donors (Lipinski definition) is 1. The van der Waals surface area contributed by atoms with Crippen molar-refractivity contribution >= 4 is 5.91 Å². The van der Waals surface area contributed by atoms with Crippen molar-refractivity contribution in [3.05, 3.63) is 17.7 Å². The van der Waals surface area contributed by atoms with Crippen molar-refractivity contribution in [2.24, 2.45) is 11.1 Å². The van der Waals surface area contributed by atoms with Gasteiger partial charge >= 0.3 is 6.61 Å². The summed E-state index contributed by atoms with van der Waals surface area (Å²) in [6, 6.07) is 2.68. The largest absolute Gasteiger partial charge is 0.493 e. The number of carbonyl (C=O) groups excluding carboxylic acids is 1. The van der Waals surface area contributed by atoms with Crippen LogP contribution in [0, 0.1) is 5.41 Å². The molecule has 8 heteroatoms. The number of benzene rings is 1. The van der Waals surface area contributed by atoms with Gasteiger partial charge in [0.2, 0.25) is 5.75 Å². The van der Waals surface area contributed by atoms with E-state index in [-0.39, 0.29) is 34.1 Å². The Morgan fingerprint density at radius 1 is 1.25 bits per heavy atom. The van der Waals surface area contributed by atoms with Crippen LogP contribution in [0.1, 0.15) is 24.2 Å². The molecule has 1 aromatic carbocycles. The molecule has 1 rings (SSSR count). The molecule has 0 bridgehead atoms. The number of amides is 1. The minimum atomic E-state index is -3.04. The molecule has 136 valence electrons. The van der Waals surface area contributed by atoms with Crippen molar-refractivity contribution in [3.63, 3.8) is 0 Å². The molecule has 0 spiro atoms. The first-order valence-corrected chi connectivity index (χ1v) is 7.31. The molecule has 0 aliphatic heterocycles. The highest BCUT2D eigenvalue weighted by Crippen LogP contribution is 2.39. The minimum absolute atomic E-state index is 0.00974. The summed E-state index contributed by atoms with van der Waals surface area (Å²) >= 11 is 0. The molecule has 0 saturated heterocycles. The maximum atomic E-state index is 12.6. The zero-order chi connectivity index (χ0) is 18.5. The molecule has 1 amide bonds. The Bertz CT molecular complexity index is 554. The van der Waals surface area contributed by atoms with Crippen LogP contribution >= 0.6 is 0 Å². The summed E-state index contributed by atoms with van der Waals surface area (Å²) in [6.45, 7) is 1.69. The predicted molar refractivity (Wildman–Crippen MR) is 86.0 cm³/mol. The third-order valence-electron chi connectivity index (χ3n) is 3.48. The van der Waals surface area contributed by atoms with E-state index in [0.717, 1.165) is 0 Å². The van der Waals surface area contributed by atoms with Crippen LogP contribution in [0.5, 0.6) is 17.2 Å². The van der Waals surface area contributed by atoms with Crippen LogP contribution in [-0.2, 0) is 0 Å². The standard InChI is InChI=1S/C16H24F2N2O4/c1-16(2,8-19)9-20(3)14(21)10-6-11(22-4)13(24-15(17)18)12(7-10)23-5/h6-7,15H,8-9,19H2,1-5H3. The lowest BCUT2D eigenvalue weighted by Crippen LogP contribution is -2.39. The zero-order valence-electron chi connectivity index (χ0n) is 14.6. The van der Waals surface area contributed by atoms with E-state index in [1.807, 2.05) is 13.8 Å². The Kier molecular flexibility index (Phi) is 6.77. The lowest BCUT2D eigenvalue weighted by atomic mass is 9.93. The van der Waals surface area contributed by atoms with Gasteiger partial charge < -0.3 is 24.8 Å². The lowest BCUT2D eigenvalue weighted by molar-refractivity contribution is -0.0526. The van der Waals surface area contributed by atoms with Gasteiger partial charge in [-0.05, 0) is 24.1 Å². The first kappa shape index (κ1) is 20.0. The van der Waals surface area contributed by atoms with Crippen molar-refractivity contribution in [2.75, 3.05) is 34.4 Å². The second kappa shape index (κ2) is 8.14. The molecule has 0 aliphatic rings. The Morgan fingerprint density at radius 2 is 1.75 bits per heavy atom. The molecule has 0 radical (unpaired) electrons. The van der Waals surface area contributed by atoms with Gasteiger partial charge in [0.25, 0.3) is 5.91 Å². The topological polar surface area (TPSA) is 74.0 Å². The Labute approximate surface area is 140 Å². The molecule has 0 fully saturated rings. The molecule has 2 N–H and O–H groups in total. The molecule has 6 nitrogen and oxygen atoms in total. The monoisotopic (exact) mass is 346 g/mol. The van der Waals surface area contributed by atoms with Crippen LogP contribution in [0.15, 0.2) is 12.1 Å². The average Bonchev–Trinajstić information content (AvgIpc) is 2.53. The number of hydrogen-bond acceptors (Lipinski definition) is 5. The second-order valence-corrected chi connectivity index (χ2v) is 6.12. The van der Waals surface area contributed by atoms with Gasteiger partial charge in [-0.1, -0.05) is 13.8 Å². The Morgan fingerprint density at radius 3 is 2.12 bits per heavy atom. The fourth-order valence-corrected chi connectivity index (χ4v) is 2.21. The first-order chi connectivity index (χ1) is 11.1. The van der Waals surface area contributed by atoms with E-state index in [4.69, 9.17) is 15.2 Å². The second-order valence-electron chi connectivity index (χ2n) is 6.12. The molecule has 0 saturated carbocycles. The number of carbonyl (C=O) groups is 1. The molecular formula is C16H24F2N2O4. The number of nitrogens with two attached hydrogens (primary N) is 1. The quantitative estimate of drug-likeness (QED) is 0.782. The highest BCUT2D eigenvalue weighted by atomic mass is 19.3. The predicted octanol–water partition coefficient (Wildman–Crippen LogP) is 2.36. The van der Waals surface area contributed by atoms with Gasteiger partial charge in [-0.15, -0.1) is 0 Å². The number of rotatable bonds is 8. The van der Waals surface area contributed by atoms with Crippen molar-refractivity contribution < 1.29 is 27.8 Å².